The molecular formula is C12H19N3OS. The Morgan fingerprint density at radius 1 is 1.65 bits per heavy atom. The van der Waals surface area contributed by atoms with Gasteiger partial charge in [0.05, 0.1) is 10.7 Å². The van der Waals surface area contributed by atoms with Crippen molar-refractivity contribution in [2.75, 3.05) is 18.1 Å². The number of hydrogen-bond donors (Lipinski definition) is 3. The minimum absolute atomic E-state index is 0.110. The lowest BCUT2D eigenvalue weighted by atomic mass is 10.2. The topological polar surface area (TPSA) is 67.1 Å². The van der Waals surface area contributed by atoms with Gasteiger partial charge in [-0.1, -0.05) is 13.3 Å². The van der Waals surface area contributed by atoms with Crippen molar-refractivity contribution in [2.45, 2.75) is 32.2 Å². The largest absolute Gasteiger partial charge is 0.397 e. The second-order valence-corrected chi connectivity index (χ2v) is 5.56. The van der Waals surface area contributed by atoms with Gasteiger partial charge in [0.15, 0.2) is 0 Å². The molecule has 0 aromatic carbocycles. The van der Waals surface area contributed by atoms with Crippen LogP contribution in [-0.4, -0.2) is 19.0 Å². The average molecular weight is 253 g/mol. The van der Waals surface area contributed by atoms with Gasteiger partial charge in [0.25, 0.3) is 5.91 Å². The number of thiophene rings is 1. The molecule has 0 bridgehead atoms. The van der Waals surface area contributed by atoms with Crippen LogP contribution in [0.15, 0.2) is 6.07 Å². The van der Waals surface area contributed by atoms with E-state index in [9.17, 15) is 4.79 Å². The first kappa shape index (κ1) is 12.2. The third-order valence-corrected chi connectivity index (χ3v) is 4.18. The summed E-state index contributed by atoms with van der Waals surface area (Å²) in [5.74, 6) is 0.688. The number of nitrogens with two attached hydrogens (primary N) is 1. The molecule has 1 aliphatic rings. The van der Waals surface area contributed by atoms with Crippen molar-refractivity contribution in [1.29, 1.82) is 0 Å². The number of anilines is 2. The fraction of sp³-hybridized carbons (Fsp3) is 0.583. The van der Waals surface area contributed by atoms with Gasteiger partial charge >= 0.3 is 0 Å². The number of hydrogen-bond acceptors (Lipinski definition) is 4. The highest BCUT2D eigenvalue weighted by atomic mass is 32.1. The number of nitrogens with one attached hydrogen (secondary N) is 2. The smallest absolute Gasteiger partial charge is 0.263 e. The lowest BCUT2D eigenvalue weighted by Gasteiger charge is -2.01. The van der Waals surface area contributed by atoms with Crippen molar-refractivity contribution >= 4 is 27.9 Å². The van der Waals surface area contributed by atoms with Gasteiger partial charge in [0, 0.05) is 13.1 Å². The predicted molar refractivity (Wildman–Crippen MR) is 72.5 cm³/mol. The molecule has 2 atom stereocenters. The van der Waals surface area contributed by atoms with Crippen molar-refractivity contribution in [3.63, 3.8) is 0 Å². The van der Waals surface area contributed by atoms with Gasteiger partial charge in [-0.05, 0) is 24.8 Å². The van der Waals surface area contributed by atoms with Crippen LogP contribution in [0.2, 0.25) is 0 Å². The zero-order valence-electron chi connectivity index (χ0n) is 10.2. The molecule has 4 N–H and O–H groups in total. The Kier molecular flexibility index (Phi) is 3.57. The molecule has 1 saturated carbocycles. The highest BCUT2D eigenvalue weighted by Gasteiger charge is 2.36. The summed E-state index contributed by atoms with van der Waals surface area (Å²) in [5.41, 5.74) is 6.38. The maximum Gasteiger partial charge on any atom is 0.263 e. The van der Waals surface area contributed by atoms with Gasteiger partial charge < -0.3 is 16.4 Å². The van der Waals surface area contributed by atoms with E-state index in [0.29, 0.717) is 16.6 Å². The quantitative estimate of drug-likeness (QED) is 0.754. The summed E-state index contributed by atoms with van der Waals surface area (Å²) in [6, 6.07) is 2.43. The summed E-state index contributed by atoms with van der Waals surface area (Å²) >= 11 is 1.43. The zero-order chi connectivity index (χ0) is 12.4. The third kappa shape index (κ3) is 2.72. The van der Waals surface area contributed by atoms with Crippen molar-refractivity contribution in [2.24, 2.45) is 5.92 Å². The van der Waals surface area contributed by atoms with Gasteiger partial charge in [-0.25, -0.2) is 0 Å². The summed E-state index contributed by atoms with van der Waals surface area (Å²) in [4.78, 5) is 12.1. The first-order valence-corrected chi connectivity index (χ1v) is 6.85. The molecule has 1 aromatic rings. The van der Waals surface area contributed by atoms with E-state index in [2.05, 4.69) is 17.6 Å². The summed E-state index contributed by atoms with van der Waals surface area (Å²) in [7, 11) is 1.62. The molecule has 1 aromatic heterocycles. The van der Waals surface area contributed by atoms with Crippen LogP contribution in [0.3, 0.4) is 0 Å². The molecule has 0 radical (unpaired) electrons. The Morgan fingerprint density at radius 2 is 2.41 bits per heavy atom. The summed E-state index contributed by atoms with van der Waals surface area (Å²) in [5, 5.41) is 7.05. The van der Waals surface area contributed by atoms with Crippen LogP contribution in [0.25, 0.3) is 0 Å². The van der Waals surface area contributed by atoms with E-state index >= 15 is 0 Å². The van der Waals surface area contributed by atoms with E-state index in [4.69, 9.17) is 5.73 Å². The van der Waals surface area contributed by atoms with Crippen LogP contribution in [0.1, 0.15) is 35.9 Å². The van der Waals surface area contributed by atoms with E-state index in [0.717, 1.165) is 10.9 Å². The number of carbonyl (C=O) groups is 1. The number of rotatable bonds is 5. The zero-order valence-corrected chi connectivity index (χ0v) is 11.1. The molecule has 0 saturated heterocycles. The van der Waals surface area contributed by atoms with E-state index < -0.39 is 0 Å². The van der Waals surface area contributed by atoms with Crippen molar-refractivity contribution in [3.05, 3.63) is 10.9 Å². The van der Waals surface area contributed by atoms with Gasteiger partial charge in [-0.3, -0.25) is 4.79 Å². The molecule has 17 heavy (non-hydrogen) atoms. The molecule has 2 unspecified atom stereocenters. The van der Waals surface area contributed by atoms with E-state index in [1.807, 2.05) is 6.07 Å². The summed E-state index contributed by atoms with van der Waals surface area (Å²) in [6.45, 7) is 2.21. The number of amides is 1. The van der Waals surface area contributed by atoms with Crippen LogP contribution in [-0.2, 0) is 0 Å². The molecule has 5 heteroatoms. The highest BCUT2D eigenvalue weighted by Crippen LogP contribution is 2.39. The van der Waals surface area contributed by atoms with Crippen molar-refractivity contribution in [3.8, 4) is 0 Å². The highest BCUT2D eigenvalue weighted by molar-refractivity contribution is 7.18. The molecule has 1 fully saturated rings. The Bertz CT molecular complexity index is 416. The Labute approximate surface area is 106 Å². The minimum atomic E-state index is -0.110. The molecule has 1 amide bonds. The van der Waals surface area contributed by atoms with Crippen LogP contribution in [0.5, 0.6) is 0 Å². The Morgan fingerprint density at radius 3 is 3.06 bits per heavy atom. The lowest BCUT2D eigenvalue weighted by Crippen LogP contribution is -2.17. The van der Waals surface area contributed by atoms with Crippen LogP contribution in [0.4, 0.5) is 10.7 Å². The predicted octanol–water partition coefficient (Wildman–Crippen LogP) is 2.29. The van der Waals surface area contributed by atoms with E-state index in [1.54, 1.807) is 7.05 Å². The number of carbonyl (C=O) groups excluding carboxylic acids is 1. The molecular weight excluding hydrogens is 234 g/mol. The fourth-order valence-electron chi connectivity index (χ4n) is 2.06. The maximum atomic E-state index is 11.5. The normalized spacial score (nSPS) is 22.2. The van der Waals surface area contributed by atoms with Gasteiger partial charge in [0.1, 0.15) is 4.88 Å². The number of nitrogen functional groups attached to an aromatic ring is 1. The molecule has 94 valence electrons. The molecule has 2 rings (SSSR count). The summed E-state index contributed by atoms with van der Waals surface area (Å²) < 4.78 is 0. The van der Waals surface area contributed by atoms with E-state index in [-0.39, 0.29) is 5.91 Å². The minimum Gasteiger partial charge on any atom is -0.397 e. The first-order valence-electron chi connectivity index (χ1n) is 6.03. The van der Waals surface area contributed by atoms with E-state index in [1.165, 1.54) is 30.6 Å². The standard InChI is InChI=1S/C12H19N3OS/c1-3-4-7-5-9(7)15-10-6-8(13)11(17-10)12(16)14-2/h6-7,9,15H,3-5,13H2,1-2H3,(H,14,16). The second kappa shape index (κ2) is 4.96. The van der Waals surface area contributed by atoms with Gasteiger partial charge in [-0.15, -0.1) is 11.3 Å². The molecule has 0 spiro atoms. The van der Waals surface area contributed by atoms with Gasteiger partial charge in [0.2, 0.25) is 0 Å². The average Bonchev–Trinajstić information content (AvgIpc) is 2.91. The Hall–Kier alpha value is -1.23. The van der Waals surface area contributed by atoms with Crippen LogP contribution in [0, 0.1) is 5.92 Å². The van der Waals surface area contributed by atoms with Crippen molar-refractivity contribution < 1.29 is 4.79 Å². The van der Waals surface area contributed by atoms with Gasteiger partial charge in [-0.2, -0.15) is 0 Å². The molecule has 0 aliphatic heterocycles. The monoisotopic (exact) mass is 253 g/mol. The summed E-state index contributed by atoms with van der Waals surface area (Å²) in [6.07, 6.45) is 3.75. The third-order valence-electron chi connectivity index (χ3n) is 3.10. The van der Waals surface area contributed by atoms with Crippen LogP contribution >= 0.6 is 11.3 Å². The lowest BCUT2D eigenvalue weighted by molar-refractivity contribution is 0.0968. The maximum absolute atomic E-state index is 11.5. The van der Waals surface area contributed by atoms with Crippen molar-refractivity contribution in [1.82, 2.24) is 5.32 Å². The molecule has 1 heterocycles. The molecule has 4 nitrogen and oxygen atoms in total. The molecule has 1 aliphatic carbocycles. The first-order chi connectivity index (χ1) is 8.15. The van der Waals surface area contributed by atoms with Crippen LogP contribution < -0.4 is 16.4 Å². The second-order valence-electron chi connectivity index (χ2n) is 4.51. The SMILES string of the molecule is CCCC1CC1Nc1cc(N)c(C(=O)NC)s1. The Balaban J connectivity index is 1.97. The fourth-order valence-corrected chi connectivity index (χ4v) is 3.05.